The van der Waals surface area contributed by atoms with Crippen LogP contribution in [0, 0.1) is 5.82 Å². The van der Waals surface area contributed by atoms with E-state index in [1.54, 1.807) is 0 Å². The van der Waals surface area contributed by atoms with E-state index in [1.807, 2.05) is 0 Å². The Balaban J connectivity index is 0.00000121. The first kappa shape index (κ1) is 12.5. The number of hydrogen-bond donors (Lipinski definition) is 0. The summed E-state index contributed by atoms with van der Waals surface area (Å²) in [7, 11) is 0. The minimum atomic E-state index is -2.46. The maximum Gasteiger partial charge on any atom is 1.00 e. The van der Waals surface area contributed by atoms with Gasteiger partial charge in [0, 0.05) is 11.1 Å². The fourth-order valence-electron chi connectivity index (χ4n) is 0.495. The smallest absolute Gasteiger partial charge is 0.768 e. The molecular weight excluding hydrogens is 216 g/mol. The van der Waals surface area contributed by atoms with Crippen LogP contribution in [0.1, 0.15) is 0 Å². The Labute approximate surface area is 97.9 Å². The average Bonchev–Trinajstić information content (AvgIpc) is 1.94. The molecule has 0 aliphatic heterocycles. The Morgan fingerprint density at radius 1 is 1.67 bits per heavy atom. The molecule has 0 amide bonds. The molecule has 60 valence electrons. The van der Waals surface area contributed by atoms with Crippen LogP contribution in [0.5, 0.6) is 0 Å². The van der Waals surface area contributed by atoms with E-state index in [9.17, 15) is 13.2 Å². The van der Waals surface area contributed by atoms with Crippen LogP contribution >= 0.6 is 11.6 Å². The third-order valence-corrected chi connectivity index (χ3v) is 1.85. The fourth-order valence-corrected chi connectivity index (χ4v) is 0.937. The quantitative estimate of drug-likeness (QED) is 0.314. The van der Waals surface area contributed by atoms with Gasteiger partial charge in [-0.05, 0) is 17.1 Å². The molecule has 0 aliphatic rings. The van der Waals surface area contributed by atoms with Crippen molar-refractivity contribution in [3.63, 3.8) is 0 Å². The summed E-state index contributed by atoms with van der Waals surface area (Å²) in [4.78, 5) is 3.08. The first-order valence-electron chi connectivity index (χ1n) is 2.51. The Kier molecular flexibility index (Phi) is 5.47. The predicted molar refractivity (Wildman–Crippen MR) is 36.4 cm³/mol. The van der Waals surface area contributed by atoms with E-state index in [0.717, 1.165) is 12.3 Å². The summed E-state index contributed by atoms with van der Waals surface area (Å²) < 4.78 is 32.9. The third-order valence-electron chi connectivity index (χ3n) is 0.964. The molecule has 7 heteroatoms. The zero-order valence-corrected chi connectivity index (χ0v) is 9.66. The SMILES string of the molecule is O=S([O-])c1cnc(Cl)c(F)c1.[Na+]. The molecule has 1 aromatic heterocycles. The number of pyridine rings is 1. The topological polar surface area (TPSA) is 53.0 Å². The van der Waals surface area contributed by atoms with Crippen molar-refractivity contribution in [1.29, 1.82) is 0 Å². The van der Waals surface area contributed by atoms with Crippen molar-refractivity contribution in [3.05, 3.63) is 23.2 Å². The summed E-state index contributed by atoms with van der Waals surface area (Å²) in [5, 5.41) is -0.334. The van der Waals surface area contributed by atoms with Crippen LogP contribution in [0.2, 0.25) is 5.15 Å². The van der Waals surface area contributed by atoms with Crippen LogP contribution in [0.25, 0.3) is 0 Å². The second-order valence-corrected chi connectivity index (χ2v) is 2.98. The van der Waals surface area contributed by atoms with E-state index >= 15 is 0 Å². The minimum Gasteiger partial charge on any atom is -0.768 e. The Hall–Kier alpha value is 0.480. The number of hydrogen-bond acceptors (Lipinski definition) is 3. The monoisotopic (exact) mass is 217 g/mol. The van der Waals surface area contributed by atoms with Crippen molar-refractivity contribution in [2.24, 2.45) is 0 Å². The van der Waals surface area contributed by atoms with Gasteiger partial charge in [-0.25, -0.2) is 9.37 Å². The van der Waals surface area contributed by atoms with Gasteiger partial charge in [-0.15, -0.1) is 0 Å². The van der Waals surface area contributed by atoms with Crippen molar-refractivity contribution < 1.29 is 42.7 Å². The number of nitrogens with zero attached hydrogens (tertiary/aromatic N) is 1. The van der Waals surface area contributed by atoms with Gasteiger partial charge in [0.05, 0.1) is 0 Å². The number of halogens is 2. The van der Waals surface area contributed by atoms with E-state index in [4.69, 9.17) is 11.6 Å². The van der Waals surface area contributed by atoms with E-state index in [0.29, 0.717) is 0 Å². The van der Waals surface area contributed by atoms with Crippen molar-refractivity contribution in [1.82, 2.24) is 4.98 Å². The molecule has 0 aliphatic carbocycles. The van der Waals surface area contributed by atoms with Crippen molar-refractivity contribution >= 4 is 22.7 Å². The Morgan fingerprint density at radius 2 is 2.25 bits per heavy atom. The maximum absolute atomic E-state index is 12.5. The summed E-state index contributed by atoms with van der Waals surface area (Å²) in [5.74, 6) is -0.839. The molecular formula is C5H2ClFNNaO2S. The van der Waals surface area contributed by atoms with Gasteiger partial charge < -0.3 is 4.55 Å². The summed E-state index contributed by atoms with van der Waals surface area (Å²) >= 11 is 2.74. The largest absolute Gasteiger partial charge is 1.00 e. The molecule has 1 heterocycles. The molecule has 0 saturated carbocycles. The summed E-state index contributed by atoms with van der Waals surface area (Å²) in [5.41, 5.74) is 0. The van der Waals surface area contributed by atoms with Gasteiger partial charge in [0.25, 0.3) is 0 Å². The van der Waals surface area contributed by atoms with Gasteiger partial charge in [-0.3, -0.25) is 4.21 Å². The van der Waals surface area contributed by atoms with Crippen LogP contribution in [0.4, 0.5) is 4.39 Å². The second kappa shape index (κ2) is 5.26. The summed E-state index contributed by atoms with van der Waals surface area (Å²) in [6.45, 7) is 0. The Morgan fingerprint density at radius 3 is 2.67 bits per heavy atom. The van der Waals surface area contributed by atoms with Gasteiger partial charge in [0.2, 0.25) is 0 Å². The van der Waals surface area contributed by atoms with Crippen LogP contribution in [0.3, 0.4) is 0 Å². The molecule has 0 fully saturated rings. The average molecular weight is 218 g/mol. The van der Waals surface area contributed by atoms with E-state index in [2.05, 4.69) is 4.98 Å². The van der Waals surface area contributed by atoms with Gasteiger partial charge in [-0.1, -0.05) is 11.6 Å². The third kappa shape index (κ3) is 3.08. The van der Waals surface area contributed by atoms with Gasteiger partial charge in [0.1, 0.15) is 0 Å². The summed E-state index contributed by atoms with van der Waals surface area (Å²) in [6.07, 6.45) is 0.981. The van der Waals surface area contributed by atoms with Crippen molar-refractivity contribution in [2.45, 2.75) is 4.90 Å². The molecule has 0 radical (unpaired) electrons. The van der Waals surface area contributed by atoms with E-state index in [-0.39, 0.29) is 39.6 Å². The molecule has 1 aromatic rings. The molecule has 1 rings (SSSR count). The molecule has 1 unspecified atom stereocenters. The van der Waals surface area contributed by atoms with E-state index in [1.165, 1.54) is 0 Å². The molecule has 0 saturated heterocycles. The fraction of sp³-hybridized carbons (Fsp3) is 0. The van der Waals surface area contributed by atoms with E-state index < -0.39 is 16.9 Å². The van der Waals surface area contributed by atoms with Gasteiger partial charge in [0.15, 0.2) is 11.0 Å². The van der Waals surface area contributed by atoms with Crippen LogP contribution in [-0.4, -0.2) is 13.7 Å². The first-order valence-corrected chi connectivity index (χ1v) is 3.97. The van der Waals surface area contributed by atoms with Crippen molar-refractivity contribution in [3.8, 4) is 0 Å². The molecule has 0 spiro atoms. The normalized spacial score (nSPS) is 11.9. The molecule has 0 bridgehead atoms. The summed E-state index contributed by atoms with van der Waals surface area (Å²) in [6, 6.07) is 0.804. The van der Waals surface area contributed by atoms with Crippen molar-refractivity contribution in [2.75, 3.05) is 0 Å². The maximum atomic E-state index is 12.5. The number of rotatable bonds is 1. The van der Waals surface area contributed by atoms with Gasteiger partial charge >= 0.3 is 29.6 Å². The van der Waals surface area contributed by atoms with Gasteiger partial charge in [-0.2, -0.15) is 0 Å². The molecule has 12 heavy (non-hydrogen) atoms. The molecule has 0 N–H and O–H groups in total. The molecule has 1 atom stereocenters. The molecule has 3 nitrogen and oxygen atoms in total. The minimum absolute atomic E-state index is 0. The predicted octanol–water partition coefficient (Wildman–Crippen LogP) is -1.88. The van der Waals surface area contributed by atoms with Crippen LogP contribution in [0.15, 0.2) is 17.2 Å². The molecule has 0 aromatic carbocycles. The standard InChI is InChI=1S/C5H3ClFNO2S.Na/c6-5-4(7)1-3(2-8-5)11(9)10;/h1-2H,(H,9,10);/q;+1/p-1. The Bertz CT molecular complexity index is 311. The second-order valence-electron chi connectivity index (χ2n) is 1.68. The van der Waals surface area contributed by atoms with Crippen LogP contribution in [-0.2, 0) is 11.1 Å². The zero-order valence-electron chi connectivity index (χ0n) is 6.08. The number of aromatic nitrogens is 1. The first-order chi connectivity index (χ1) is 5.11. The van der Waals surface area contributed by atoms with Crippen LogP contribution < -0.4 is 29.6 Å². The zero-order chi connectivity index (χ0) is 8.43.